The van der Waals surface area contributed by atoms with E-state index in [1.165, 1.54) is 5.56 Å². The van der Waals surface area contributed by atoms with Gasteiger partial charge >= 0.3 is 6.03 Å². The first kappa shape index (κ1) is 22.3. The predicted molar refractivity (Wildman–Crippen MR) is 129 cm³/mol. The number of hydrogen-bond acceptors (Lipinski definition) is 3. The molecule has 0 unspecified atom stereocenters. The second-order valence-electron chi connectivity index (χ2n) is 8.41. The first-order chi connectivity index (χ1) is 15.9. The fourth-order valence-corrected chi connectivity index (χ4v) is 3.82. The van der Waals surface area contributed by atoms with E-state index in [-0.39, 0.29) is 5.57 Å². The van der Waals surface area contributed by atoms with E-state index in [4.69, 9.17) is 0 Å². The quantitative estimate of drug-likeness (QED) is 0.431. The Balaban J connectivity index is 1.62. The lowest BCUT2D eigenvalue weighted by atomic mass is 9.98. The Labute approximate surface area is 193 Å². The lowest BCUT2D eigenvalue weighted by Gasteiger charge is -2.26. The molecular weight excluding hydrogens is 414 g/mol. The Morgan fingerprint density at radius 1 is 0.970 bits per heavy atom. The van der Waals surface area contributed by atoms with Crippen LogP contribution in [0, 0.1) is 6.92 Å². The van der Waals surface area contributed by atoms with E-state index in [0.717, 1.165) is 22.4 Å². The lowest BCUT2D eigenvalue weighted by molar-refractivity contribution is -0.122. The maximum Gasteiger partial charge on any atom is 0.335 e. The van der Waals surface area contributed by atoms with E-state index in [9.17, 15) is 14.4 Å². The Bertz CT molecular complexity index is 1220. The minimum atomic E-state index is -0.742. The summed E-state index contributed by atoms with van der Waals surface area (Å²) < 4.78 is 1.96. The summed E-state index contributed by atoms with van der Waals surface area (Å²) in [5.74, 6) is -0.952. The maximum atomic E-state index is 13.2. The van der Waals surface area contributed by atoms with Crippen molar-refractivity contribution in [1.29, 1.82) is 0 Å². The summed E-state index contributed by atoms with van der Waals surface area (Å²) in [4.78, 5) is 39.3. The Morgan fingerprint density at radius 2 is 1.67 bits per heavy atom. The average molecular weight is 442 g/mol. The third-order valence-corrected chi connectivity index (χ3v) is 6.06. The van der Waals surface area contributed by atoms with Crippen molar-refractivity contribution in [3.8, 4) is 0 Å². The van der Waals surface area contributed by atoms with E-state index in [2.05, 4.69) is 19.2 Å². The molecule has 0 aliphatic carbocycles. The zero-order valence-electron chi connectivity index (χ0n) is 19.0. The molecule has 0 saturated carbocycles. The summed E-state index contributed by atoms with van der Waals surface area (Å²) in [5, 5.41) is 2.29. The number of urea groups is 1. The number of imide groups is 2. The summed E-state index contributed by atoms with van der Waals surface area (Å²) in [5.41, 5.74) is 4.47. The van der Waals surface area contributed by atoms with E-state index >= 15 is 0 Å². The highest BCUT2D eigenvalue weighted by molar-refractivity contribution is 6.39. The van der Waals surface area contributed by atoms with Crippen molar-refractivity contribution >= 4 is 29.6 Å². The highest BCUT2D eigenvalue weighted by Crippen LogP contribution is 2.26. The van der Waals surface area contributed by atoms with Crippen LogP contribution in [-0.2, 0) is 16.1 Å². The van der Waals surface area contributed by atoms with Gasteiger partial charge in [-0.1, -0.05) is 55.8 Å². The zero-order chi connectivity index (χ0) is 23.5. The number of benzene rings is 2. The van der Waals surface area contributed by atoms with Crippen molar-refractivity contribution in [3.63, 3.8) is 0 Å². The van der Waals surface area contributed by atoms with Gasteiger partial charge in [0.25, 0.3) is 11.8 Å². The van der Waals surface area contributed by atoms with Gasteiger partial charge in [-0.25, -0.2) is 9.69 Å². The van der Waals surface area contributed by atoms with Crippen LogP contribution in [0.3, 0.4) is 0 Å². The fraction of sp³-hybridized carbons (Fsp3) is 0.222. The maximum absolute atomic E-state index is 13.2. The van der Waals surface area contributed by atoms with Crippen LogP contribution >= 0.6 is 0 Å². The van der Waals surface area contributed by atoms with Crippen molar-refractivity contribution in [2.75, 3.05) is 4.90 Å². The number of barbiturate groups is 1. The summed E-state index contributed by atoms with van der Waals surface area (Å²) in [6.45, 7) is 6.87. The van der Waals surface area contributed by atoms with Crippen LogP contribution in [0.4, 0.5) is 10.5 Å². The average Bonchev–Trinajstić information content (AvgIpc) is 3.24. The van der Waals surface area contributed by atoms with Crippen LogP contribution in [0.5, 0.6) is 0 Å². The minimum Gasteiger partial charge on any atom is -0.344 e. The summed E-state index contributed by atoms with van der Waals surface area (Å²) >= 11 is 0. The highest BCUT2D eigenvalue weighted by Gasteiger charge is 2.37. The first-order valence-electron chi connectivity index (χ1n) is 11.1. The molecule has 0 radical (unpaired) electrons. The lowest BCUT2D eigenvalue weighted by Crippen LogP contribution is -2.54. The van der Waals surface area contributed by atoms with Crippen LogP contribution in [0.2, 0.25) is 0 Å². The number of nitrogens with zero attached hydrogens (tertiary/aromatic N) is 2. The molecule has 168 valence electrons. The third-order valence-electron chi connectivity index (χ3n) is 6.06. The zero-order valence-corrected chi connectivity index (χ0v) is 19.0. The number of amides is 4. The molecule has 0 bridgehead atoms. The molecule has 6 heteroatoms. The van der Waals surface area contributed by atoms with Crippen molar-refractivity contribution in [2.24, 2.45) is 0 Å². The highest BCUT2D eigenvalue weighted by atomic mass is 16.2. The van der Waals surface area contributed by atoms with Crippen LogP contribution in [0.25, 0.3) is 6.08 Å². The molecule has 1 aromatic heterocycles. The molecular formula is C27H27N3O3. The van der Waals surface area contributed by atoms with Gasteiger partial charge in [-0.15, -0.1) is 0 Å². The van der Waals surface area contributed by atoms with Gasteiger partial charge in [-0.05, 0) is 60.7 Å². The molecule has 3 aromatic rings. The molecule has 33 heavy (non-hydrogen) atoms. The fourth-order valence-electron chi connectivity index (χ4n) is 3.82. The number of hydrogen-bond donors (Lipinski definition) is 1. The van der Waals surface area contributed by atoms with Crippen LogP contribution < -0.4 is 10.2 Å². The van der Waals surface area contributed by atoms with Crippen LogP contribution in [0.15, 0.2) is 72.4 Å². The molecule has 1 saturated heterocycles. The van der Waals surface area contributed by atoms with Crippen LogP contribution in [-0.4, -0.2) is 22.4 Å². The molecule has 1 aliphatic heterocycles. The molecule has 2 aromatic carbocycles. The van der Waals surface area contributed by atoms with Crippen molar-refractivity contribution < 1.29 is 14.4 Å². The minimum absolute atomic E-state index is 0.0792. The number of rotatable bonds is 6. The van der Waals surface area contributed by atoms with Gasteiger partial charge in [-0.2, -0.15) is 0 Å². The van der Waals surface area contributed by atoms with Gasteiger partial charge in [0.1, 0.15) is 5.57 Å². The van der Waals surface area contributed by atoms with Gasteiger partial charge in [0, 0.05) is 18.4 Å². The number of nitrogens with one attached hydrogen (secondary N) is 1. The monoisotopic (exact) mass is 441 g/mol. The van der Waals surface area contributed by atoms with Gasteiger partial charge in [0.05, 0.1) is 5.69 Å². The molecule has 4 rings (SSSR count). The summed E-state index contributed by atoms with van der Waals surface area (Å²) in [6.07, 6.45) is 4.43. The molecule has 1 atom stereocenters. The van der Waals surface area contributed by atoms with Crippen LogP contribution in [0.1, 0.15) is 48.6 Å². The van der Waals surface area contributed by atoms with Gasteiger partial charge in [-0.3, -0.25) is 14.9 Å². The van der Waals surface area contributed by atoms with E-state index in [1.807, 2.05) is 66.2 Å². The van der Waals surface area contributed by atoms with Crippen molar-refractivity contribution in [1.82, 2.24) is 9.88 Å². The summed E-state index contributed by atoms with van der Waals surface area (Å²) in [6, 6.07) is 18.5. The van der Waals surface area contributed by atoms with E-state index in [1.54, 1.807) is 18.2 Å². The van der Waals surface area contributed by atoms with E-state index in [0.29, 0.717) is 23.8 Å². The number of carbonyl (C=O) groups excluding carboxylic acids is 3. The predicted octanol–water partition coefficient (Wildman–Crippen LogP) is 5.02. The van der Waals surface area contributed by atoms with Crippen molar-refractivity contribution in [3.05, 3.63) is 94.8 Å². The molecule has 4 amide bonds. The normalized spacial score (nSPS) is 16.3. The smallest absolute Gasteiger partial charge is 0.335 e. The second-order valence-corrected chi connectivity index (χ2v) is 8.41. The standard InChI is InChI=1S/C27H27N3O3/c1-4-19(3)21-11-13-22(14-12-21)30-26(32)24(25(31)28-27(30)33)16-23-6-5-15-29(23)17-20-9-7-18(2)8-10-20/h5-16,19H,4,17H2,1-3H3,(H,28,31,33)/b24-16+/t19-/m0/s1. The Morgan fingerprint density at radius 3 is 2.33 bits per heavy atom. The second kappa shape index (κ2) is 9.28. The molecule has 6 nitrogen and oxygen atoms in total. The number of aryl methyl sites for hydroxylation is 1. The molecule has 2 heterocycles. The third kappa shape index (κ3) is 4.65. The molecule has 1 N–H and O–H groups in total. The Kier molecular flexibility index (Phi) is 6.27. The number of carbonyl (C=O) groups is 3. The van der Waals surface area contributed by atoms with Gasteiger partial charge in [0.2, 0.25) is 0 Å². The van der Waals surface area contributed by atoms with Gasteiger partial charge < -0.3 is 4.57 Å². The van der Waals surface area contributed by atoms with Crippen molar-refractivity contribution in [2.45, 2.75) is 39.7 Å². The molecule has 1 aliphatic rings. The van der Waals surface area contributed by atoms with E-state index < -0.39 is 17.8 Å². The number of anilines is 1. The van der Waals surface area contributed by atoms with Gasteiger partial charge in [0.15, 0.2) is 0 Å². The Hall–Kier alpha value is -3.93. The topological polar surface area (TPSA) is 71.4 Å². The molecule has 1 fully saturated rings. The number of aromatic nitrogens is 1. The first-order valence-corrected chi connectivity index (χ1v) is 11.1. The largest absolute Gasteiger partial charge is 0.344 e. The molecule has 0 spiro atoms. The summed E-state index contributed by atoms with van der Waals surface area (Å²) in [7, 11) is 0. The SMILES string of the molecule is CC[C@H](C)c1ccc(N2C(=O)NC(=O)/C(=C\c3cccn3Cc3ccc(C)cc3)C2=O)cc1.